The van der Waals surface area contributed by atoms with Crippen LogP contribution in [0, 0.1) is 6.92 Å². The molecule has 0 fully saturated rings. The number of methoxy groups -OCH3 is 1. The lowest BCUT2D eigenvalue weighted by Gasteiger charge is -2.12. The summed E-state index contributed by atoms with van der Waals surface area (Å²) in [5, 5.41) is 2.86. The molecule has 1 amide bonds. The van der Waals surface area contributed by atoms with Crippen LogP contribution in [-0.4, -0.2) is 34.6 Å². The third-order valence-electron chi connectivity index (χ3n) is 4.90. The number of rotatable bonds is 12. The zero-order valence-corrected chi connectivity index (χ0v) is 19.5. The van der Waals surface area contributed by atoms with Crippen LogP contribution in [0.5, 0.6) is 0 Å². The van der Waals surface area contributed by atoms with Gasteiger partial charge in [-0.1, -0.05) is 30.3 Å². The Labute approximate surface area is 194 Å². The largest absolute Gasteiger partial charge is 0.467 e. The Morgan fingerprint density at radius 1 is 1.03 bits per heavy atom. The van der Waals surface area contributed by atoms with Gasteiger partial charge >= 0.3 is 0 Å². The molecule has 2 aromatic carbocycles. The van der Waals surface area contributed by atoms with Crippen LogP contribution in [-0.2, 0) is 39.3 Å². The van der Waals surface area contributed by atoms with Crippen LogP contribution in [0.25, 0.3) is 0 Å². The minimum atomic E-state index is -3.73. The van der Waals surface area contributed by atoms with E-state index in [1.165, 1.54) is 19.2 Å². The van der Waals surface area contributed by atoms with E-state index < -0.39 is 10.0 Å². The van der Waals surface area contributed by atoms with Gasteiger partial charge in [-0.3, -0.25) is 4.79 Å². The van der Waals surface area contributed by atoms with Crippen LogP contribution < -0.4 is 10.0 Å². The number of nitrogens with one attached hydrogen (secondary N) is 2. The number of hydrogen-bond donors (Lipinski definition) is 2. The predicted octanol–water partition coefficient (Wildman–Crippen LogP) is 3.16. The van der Waals surface area contributed by atoms with Gasteiger partial charge < -0.3 is 19.2 Å². The molecule has 0 saturated heterocycles. The average Bonchev–Trinajstić information content (AvgIpc) is 3.31. The number of aryl methyl sites for hydroxylation is 1. The van der Waals surface area contributed by atoms with Gasteiger partial charge in [-0.15, -0.1) is 0 Å². The SMILES string of the molecule is COCCNS(=O)(=O)c1ccc(C)c(C(=O)NCc2cccc(COCc3ccco3)c2)c1. The molecule has 1 aromatic heterocycles. The van der Waals surface area contributed by atoms with Crippen molar-refractivity contribution in [2.45, 2.75) is 31.6 Å². The summed E-state index contributed by atoms with van der Waals surface area (Å²) in [7, 11) is -2.24. The van der Waals surface area contributed by atoms with Crippen LogP contribution in [0.2, 0.25) is 0 Å². The van der Waals surface area contributed by atoms with Crippen LogP contribution in [0.3, 0.4) is 0 Å². The Balaban J connectivity index is 1.60. The van der Waals surface area contributed by atoms with Crippen molar-refractivity contribution in [3.8, 4) is 0 Å². The molecule has 0 spiro atoms. The number of benzene rings is 2. The fourth-order valence-corrected chi connectivity index (χ4v) is 4.18. The minimum Gasteiger partial charge on any atom is -0.467 e. The molecule has 1 heterocycles. The third-order valence-corrected chi connectivity index (χ3v) is 6.36. The summed E-state index contributed by atoms with van der Waals surface area (Å²) in [5.74, 6) is 0.410. The highest BCUT2D eigenvalue weighted by atomic mass is 32.2. The van der Waals surface area contributed by atoms with Gasteiger partial charge in [0.1, 0.15) is 12.4 Å². The molecule has 0 radical (unpaired) electrons. The molecule has 9 heteroatoms. The van der Waals surface area contributed by atoms with Gasteiger partial charge in [0.05, 0.1) is 24.4 Å². The van der Waals surface area contributed by atoms with Crippen molar-refractivity contribution in [3.05, 3.63) is 88.9 Å². The molecule has 0 aliphatic heterocycles. The van der Waals surface area contributed by atoms with Crippen molar-refractivity contribution >= 4 is 15.9 Å². The smallest absolute Gasteiger partial charge is 0.251 e. The summed E-state index contributed by atoms with van der Waals surface area (Å²) < 4.78 is 43.1. The Morgan fingerprint density at radius 3 is 2.61 bits per heavy atom. The van der Waals surface area contributed by atoms with Crippen molar-refractivity contribution in [3.63, 3.8) is 0 Å². The fourth-order valence-electron chi connectivity index (χ4n) is 3.15. The van der Waals surface area contributed by atoms with Crippen molar-refractivity contribution in [2.75, 3.05) is 20.3 Å². The van der Waals surface area contributed by atoms with E-state index in [-0.39, 0.29) is 24.0 Å². The van der Waals surface area contributed by atoms with Crippen LogP contribution in [0.4, 0.5) is 0 Å². The normalized spacial score (nSPS) is 11.5. The molecule has 3 aromatic rings. The van der Waals surface area contributed by atoms with E-state index in [0.29, 0.717) is 30.9 Å². The highest BCUT2D eigenvalue weighted by Crippen LogP contribution is 2.16. The first kappa shape index (κ1) is 24.7. The highest BCUT2D eigenvalue weighted by Gasteiger charge is 2.17. The zero-order valence-electron chi connectivity index (χ0n) is 18.7. The Bertz CT molecular complexity index is 1160. The van der Waals surface area contributed by atoms with Crippen LogP contribution >= 0.6 is 0 Å². The van der Waals surface area contributed by atoms with E-state index in [0.717, 1.165) is 16.9 Å². The van der Waals surface area contributed by atoms with Crippen molar-refractivity contribution in [1.29, 1.82) is 0 Å². The van der Waals surface area contributed by atoms with Gasteiger partial charge in [-0.2, -0.15) is 0 Å². The van der Waals surface area contributed by atoms with Crippen molar-refractivity contribution < 1.29 is 27.1 Å². The molecule has 0 bridgehead atoms. The molecule has 3 rings (SSSR count). The molecule has 176 valence electrons. The number of carbonyl (C=O) groups excluding carboxylic acids is 1. The van der Waals surface area contributed by atoms with Crippen LogP contribution in [0.15, 0.2) is 70.2 Å². The molecule has 0 aliphatic rings. The maximum absolute atomic E-state index is 12.8. The molecule has 0 aliphatic carbocycles. The standard InChI is InChI=1S/C24H28N2O6S/c1-18-8-9-22(33(28,29)26-10-12-30-2)14-23(18)24(27)25-15-19-5-3-6-20(13-19)16-31-17-21-7-4-11-32-21/h3-9,11,13-14,26H,10,12,15-17H2,1-2H3,(H,25,27). The zero-order chi connectivity index (χ0) is 23.7. The second kappa shape index (κ2) is 11.8. The third kappa shape index (κ3) is 7.26. The Kier molecular flexibility index (Phi) is 8.79. The van der Waals surface area contributed by atoms with Gasteiger partial charge in [0.15, 0.2) is 0 Å². The number of hydrogen-bond acceptors (Lipinski definition) is 6. The lowest BCUT2D eigenvalue weighted by atomic mass is 10.1. The van der Waals surface area contributed by atoms with Gasteiger partial charge in [0, 0.05) is 25.8 Å². The molecule has 0 unspecified atom stereocenters. The van der Waals surface area contributed by atoms with E-state index >= 15 is 0 Å². The number of furan rings is 1. The molecular formula is C24H28N2O6S. The second-order valence-electron chi connectivity index (χ2n) is 7.44. The van der Waals surface area contributed by atoms with Crippen molar-refractivity contribution in [1.82, 2.24) is 10.0 Å². The Hall–Kier alpha value is -2.98. The van der Waals surface area contributed by atoms with E-state index in [1.807, 2.05) is 36.4 Å². The summed E-state index contributed by atoms with van der Waals surface area (Å²) in [6.07, 6.45) is 1.60. The van der Waals surface area contributed by atoms with Gasteiger partial charge in [0.25, 0.3) is 5.91 Å². The summed E-state index contributed by atoms with van der Waals surface area (Å²) in [6, 6.07) is 15.9. The minimum absolute atomic E-state index is 0.0325. The molecule has 33 heavy (non-hydrogen) atoms. The quantitative estimate of drug-likeness (QED) is 0.392. The summed E-state index contributed by atoms with van der Waals surface area (Å²) >= 11 is 0. The average molecular weight is 473 g/mol. The maximum Gasteiger partial charge on any atom is 0.251 e. The van der Waals surface area contributed by atoms with Crippen molar-refractivity contribution in [2.24, 2.45) is 0 Å². The lowest BCUT2D eigenvalue weighted by Crippen LogP contribution is -2.28. The Morgan fingerprint density at radius 2 is 1.85 bits per heavy atom. The molecule has 8 nitrogen and oxygen atoms in total. The maximum atomic E-state index is 12.8. The molecule has 2 N–H and O–H groups in total. The topological polar surface area (TPSA) is 107 Å². The first-order valence-corrected chi connectivity index (χ1v) is 11.9. The molecule has 0 atom stereocenters. The van der Waals surface area contributed by atoms with Crippen LogP contribution in [0.1, 0.15) is 32.8 Å². The second-order valence-corrected chi connectivity index (χ2v) is 9.21. The summed E-state index contributed by atoms with van der Waals surface area (Å²) in [6.45, 7) is 3.26. The van der Waals surface area contributed by atoms with Gasteiger partial charge in [0.2, 0.25) is 10.0 Å². The van der Waals surface area contributed by atoms with Gasteiger partial charge in [-0.05, 0) is 47.9 Å². The lowest BCUT2D eigenvalue weighted by molar-refractivity contribution is 0.0928. The fraction of sp³-hybridized carbons (Fsp3) is 0.292. The molecule has 0 saturated carbocycles. The summed E-state index contributed by atoms with van der Waals surface area (Å²) in [4.78, 5) is 12.8. The van der Waals surface area contributed by atoms with E-state index in [9.17, 15) is 13.2 Å². The highest BCUT2D eigenvalue weighted by molar-refractivity contribution is 7.89. The van der Waals surface area contributed by atoms with E-state index in [2.05, 4.69) is 10.0 Å². The van der Waals surface area contributed by atoms with E-state index in [4.69, 9.17) is 13.9 Å². The monoisotopic (exact) mass is 472 g/mol. The van der Waals surface area contributed by atoms with E-state index in [1.54, 1.807) is 19.3 Å². The predicted molar refractivity (Wildman–Crippen MR) is 123 cm³/mol. The first-order chi connectivity index (χ1) is 15.9. The first-order valence-electron chi connectivity index (χ1n) is 10.4. The summed E-state index contributed by atoms with van der Waals surface area (Å²) in [5.41, 5.74) is 2.87. The molecular weight excluding hydrogens is 444 g/mol. The number of ether oxygens (including phenoxy) is 2. The number of sulfonamides is 1. The number of amides is 1. The number of carbonyl (C=O) groups is 1. The van der Waals surface area contributed by atoms with Gasteiger partial charge in [-0.25, -0.2) is 13.1 Å².